The molecule has 0 saturated carbocycles. The molecule has 0 bridgehead atoms. The van der Waals surface area contributed by atoms with Gasteiger partial charge in [0.05, 0.1) is 12.8 Å². The van der Waals surface area contributed by atoms with Crippen LogP contribution in [0.5, 0.6) is 11.5 Å². The number of anilines is 1. The highest BCUT2D eigenvalue weighted by molar-refractivity contribution is 7.14. The Kier molecular flexibility index (Phi) is 5.90. The molecule has 1 heterocycles. The third-order valence-electron chi connectivity index (χ3n) is 3.88. The maximum atomic E-state index is 12.3. The van der Waals surface area contributed by atoms with Gasteiger partial charge >= 0.3 is 5.97 Å². The van der Waals surface area contributed by atoms with Crippen LogP contribution in [0.2, 0.25) is 0 Å². The van der Waals surface area contributed by atoms with E-state index in [0.29, 0.717) is 10.9 Å². The van der Waals surface area contributed by atoms with Crippen molar-refractivity contribution in [1.29, 1.82) is 0 Å². The molecule has 0 aliphatic carbocycles. The van der Waals surface area contributed by atoms with Crippen molar-refractivity contribution in [3.8, 4) is 22.8 Å². The third kappa shape index (κ3) is 4.47. The number of rotatable bonds is 6. The van der Waals surface area contributed by atoms with Crippen LogP contribution in [0.4, 0.5) is 5.13 Å². The lowest BCUT2D eigenvalue weighted by molar-refractivity contribution is -0.123. The summed E-state index contributed by atoms with van der Waals surface area (Å²) in [6, 6.07) is 13.7. The number of hydrogen-bond acceptors (Lipinski definition) is 7. The predicted octanol–water partition coefficient (Wildman–Crippen LogP) is 3.71. The molecule has 2 N–H and O–H groups in total. The number of methoxy groups -OCH3 is 1. The minimum absolute atomic E-state index is 0.0837. The fraction of sp³-hybridized carbons (Fsp3) is 0.150. The first-order valence-corrected chi connectivity index (χ1v) is 9.25. The van der Waals surface area contributed by atoms with Crippen molar-refractivity contribution in [2.45, 2.75) is 13.0 Å². The first-order chi connectivity index (χ1) is 13.5. The minimum atomic E-state index is -1.08. The van der Waals surface area contributed by atoms with Gasteiger partial charge in [-0.3, -0.25) is 10.1 Å². The Balaban J connectivity index is 1.64. The number of nitrogens with one attached hydrogen (secondary N) is 1. The molecule has 1 atom stereocenters. The van der Waals surface area contributed by atoms with Crippen LogP contribution in [-0.2, 0) is 9.53 Å². The van der Waals surface area contributed by atoms with E-state index in [1.165, 1.54) is 43.6 Å². The number of carbonyl (C=O) groups is 2. The summed E-state index contributed by atoms with van der Waals surface area (Å²) in [5.74, 6) is -1.23. The van der Waals surface area contributed by atoms with Crippen LogP contribution in [0.1, 0.15) is 17.3 Å². The molecule has 28 heavy (non-hydrogen) atoms. The number of esters is 1. The Morgan fingerprint density at radius 2 is 1.93 bits per heavy atom. The van der Waals surface area contributed by atoms with Gasteiger partial charge in [0, 0.05) is 10.9 Å². The second-order valence-electron chi connectivity index (χ2n) is 5.82. The second kappa shape index (κ2) is 8.53. The fourth-order valence-electron chi connectivity index (χ4n) is 2.36. The van der Waals surface area contributed by atoms with Crippen molar-refractivity contribution < 1.29 is 24.2 Å². The summed E-state index contributed by atoms with van der Waals surface area (Å²) < 4.78 is 10.2. The van der Waals surface area contributed by atoms with Gasteiger partial charge in [0.1, 0.15) is 17.1 Å². The lowest BCUT2D eigenvalue weighted by atomic mass is 10.2. The van der Waals surface area contributed by atoms with Crippen molar-refractivity contribution in [2.75, 3.05) is 12.4 Å². The lowest BCUT2D eigenvalue weighted by Crippen LogP contribution is -2.30. The van der Waals surface area contributed by atoms with Gasteiger partial charge < -0.3 is 14.6 Å². The molecule has 3 rings (SSSR count). The lowest BCUT2D eigenvalue weighted by Gasteiger charge is -2.13. The van der Waals surface area contributed by atoms with Crippen molar-refractivity contribution >= 4 is 28.3 Å². The zero-order chi connectivity index (χ0) is 20.1. The van der Waals surface area contributed by atoms with Gasteiger partial charge in [-0.25, -0.2) is 9.78 Å². The summed E-state index contributed by atoms with van der Waals surface area (Å²) in [5, 5.41) is 14.7. The summed E-state index contributed by atoms with van der Waals surface area (Å²) in [5.41, 5.74) is 1.60. The van der Waals surface area contributed by atoms with Crippen LogP contribution in [0.3, 0.4) is 0 Å². The number of benzene rings is 2. The van der Waals surface area contributed by atoms with E-state index in [0.717, 1.165) is 11.3 Å². The molecule has 0 fully saturated rings. The van der Waals surface area contributed by atoms with Gasteiger partial charge in [-0.05, 0) is 25.1 Å². The van der Waals surface area contributed by atoms with Crippen LogP contribution >= 0.6 is 11.3 Å². The molecular formula is C20H18N2O5S. The Bertz CT molecular complexity index is 987. The minimum Gasteiger partial charge on any atom is -0.507 e. The Labute approximate surface area is 165 Å². The van der Waals surface area contributed by atoms with Gasteiger partial charge in [-0.1, -0.05) is 30.3 Å². The number of nitrogens with zero attached hydrogens (tertiary/aromatic N) is 1. The van der Waals surface area contributed by atoms with E-state index in [4.69, 9.17) is 9.47 Å². The molecule has 2 aromatic carbocycles. The first-order valence-electron chi connectivity index (χ1n) is 8.37. The molecule has 7 nitrogen and oxygen atoms in total. The van der Waals surface area contributed by atoms with Crippen LogP contribution < -0.4 is 10.1 Å². The number of phenols is 1. The maximum Gasteiger partial charge on any atom is 0.342 e. The number of ether oxygens (including phenoxy) is 2. The van der Waals surface area contributed by atoms with Gasteiger partial charge in [0.15, 0.2) is 11.2 Å². The van der Waals surface area contributed by atoms with Crippen molar-refractivity contribution in [2.24, 2.45) is 0 Å². The maximum absolute atomic E-state index is 12.3. The van der Waals surface area contributed by atoms with Gasteiger partial charge in [-0.15, -0.1) is 11.3 Å². The van der Waals surface area contributed by atoms with Crippen LogP contribution in [-0.4, -0.2) is 35.2 Å². The molecule has 0 radical (unpaired) electrons. The highest BCUT2D eigenvalue weighted by Crippen LogP contribution is 2.26. The van der Waals surface area contributed by atoms with Gasteiger partial charge in [0.2, 0.25) is 0 Å². The topological polar surface area (TPSA) is 97.8 Å². The molecule has 8 heteroatoms. The molecule has 0 aliphatic heterocycles. The van der Waals surface area contributed by atoms with Gasteiger partial charge in [-0.2, -0.15) is 0 Å². The van der Waals surface area contributed by atoms with E-state index in [1.54, 1.807) is 0 Å². The predicted molar refractivity (Wildman–Crippen MR) is 106 cm³/mol. The highest BCUT2D eigenvalue weighted by atomic mass is 32.1. The number of hydrogen-bond donors (Lipinski definition) is 2. The van der Waals surface area contributed by atoms with Crippen LogP contribution in [0, 0.1) is 0 Å². The zero-order valence-electron chi connectivity index (χ0n) is 15.2. The van der Waals surface area contributed by atoms with E-state index in [2.05, 4.69) is 10.3 Å². The fourth-order valence-corrected chi connectivity index (χ4v) is 3.09. The molecule has 0 spiro atoms. The number of aromatic hydroxyl groups is 1. The largest absolute Gasteiger partial charge is 0.507 e. The molecule has 0 saturated heterocycles. The molecule has 1 amide bonds. The van der Waals surface area contributed by atoms with Gasteiger partial charge in [0.25, 0.3) is 5.91 Å². The molecule has 144 valence electrons. The monoisotopic (exact) mass is 398 g/mol. The van der Waals surface area contributed by atoms with Crippen LogP contribution in [0.15, 0.2) is 53.9 Å². The summed E-state index contributed by atoms with van der Waals surface area (Å²) in [4.78, 5) is 29.0. The highest BCUT2D eigenvalue weighted by Gasteiger charge is 2.22. The molecule has 0 aliphatic rings. The third-order valence-corrected chi connectivity index (χ3v) is 4.64. The van der Waals surface area contributed by atoms with Crippen molar-refractivity contribution in [3.63, 3.8) is 0 Å². The SMILES string of the molecule is COc1ccc(O)c(C(=O)OC(C)C(=O)Nc2nc(-c3ccccc3)cs2)c1. The summed E-state index contributed by atoms with van der Waals surface area (Å²) in [7, 11) is 1.44. The number of carbonyl (C=O) groups excluding carboxylic acids is 2. The van der Waals surface area contributed by atoms with E-state index in [9.17, 15) is 14.7 Å². The Morgan fingerprint density at radius 1 is 1.18 bits per heavy atom. The number of thiazole rings is 1. The average molecular weight is 398 g/mol. The smallest absolute Gasteiger partial charge is 0.342 e. The Hall–Kier alpha value is -3.39. The first kappa shape index (κ1) is 19.4. The van der Waals surface area contributed by atoms with E-state index in [1.807, 2.05) is 35.7 Å². The number of aromatic nitrogens is 1. The average Bonchev–Trinajstić information content (AvgIpc) is 3.17. The van der Waals surface area contributed by atoms with E-state index >= 15 is 0 Å². The normalized spacial score (nSPS) is 11.5. The van der Waals surface area contributed by atoms with Crippen molar-refractivity contribution in [1.82, 2.24) is 4.98 Å². The van der Waals surface area contributed by atoms with Crippen molar-refractivity contribution in [3.05, 3.63) is 59.5 Å². The Morgan fingerprint density at radius 3 is 2.64 bits per heavy atom. The summed E-state index contributed by atoms with van der Waals surface area (Å²) in [6.07, 6.45) is -1.08. The number of phenolic OH excluding ortho intramolecular Hbond substituents is 1. The van der Waals surface area contributed by atoms with E-state index in [-0.39, 0.29) is 11.3 Å². The molecule has 1 unspecified atom stereocenters. The molecule has 1 aromatic heterocycles. The summed E-state index contributed by atoms with van der Waals surface area (Å²) >= 11 is 1.27. The second-order valence-corrected chi connectivity index (χ2v) is 6.68. The quantitative estimate of drug-likeness (QED) is 0.615. The number of amides is 1. The van der Waals surface area contributed by atoms with Crippen LogP contribution in [0.25, 0.3) is 11.3 Å². The summed E-state index contributed by atoms with van der Waals surface area (Å²) in [6.45, 7) is 1.44. The standard InChI is InChI=1S/C20H18N2O5S/c1-12(27-19(25)15-10-14(26-2)8-9-17(15)23)18(24)22-20-21-16(11-28-20)13-6-4-3-5-7-13/h3-12,23H,1-2H3,(H,21,22,24). The van der Waals surface area contributed by atoms with E-state index < -0.39 is 18.0 Å². The molecule has 3 aromatic rings. The molecular weight excluding hydrogens is 380 g/mol. The zero-order valence-corrected chi connectivity index (χ0v) is 16.0.